The predicted molar refractivity (Wildman–Crippen MR) is 115 cm³/mol. The molecule has 0 unspecified atom stereocenters. The van der Waals surface area contributed by atoms with Crippen LogP contribution in [0, 0.1) is 0 Å². The van der Waals surface area contributed by atoms with E-state index in [1.807, 2.05) is 35.7 Å². The van der Waals surface area contributed by atoms with E-state index in [1.54, 1.807) is 36.4 Å². The highest BCUT2D eigenvalue weighted by Crippen LogP contribution is 2.28. The molecule has 0 aliphatic rings. The summed E-state index contributed by atoms with van der Waals surface area (Å²) in [5, 5.41) is 5.66. The molecule has 0 fully saturated rings. The highest BCUT2D eigenvalue weighted by Gasteiger charge is 2.17. The van der Waals surface area contributed by atoms with Crippen molar-refractivity contribution in [2.45, 2.75) is 0 Å². The Labute approximate surface area is 175 Å². The number of rotatable bonds is 5. The first-order chi connectivity index (χ1) is 14.1. The normalized spacial score (nSPS) is 10.7. The van der Waals surface area contributed by atoms with Crippen molar-refractivity contribution >= 4 is 51.4 Å². The number of carbonyl (C=O) groups is 2. The third-order valence-corrected chi connectivity index (χ3v) is 5.41. The molecule has 4 rings (SSSR count). The molecule has 144 valence electrons. The Morgan fingerprint density at radius 1 is 1.03 bits per heavy atom. The monoisotopic (exact) mass is 422 g/mol. The Balaban J connectivity index is 1.55. The van der Waals surface area contributed by atoms with E-state index >= 15 is 0 Å². The number of pyridine rings is 1. The Bertz CT molecular complexity index is 1190. The van der Waals surface area contributed by atoms with Crippen LogP contribution in [0.4, 0.5) is 5.69 Å². The standard InChI is InChI=1S/C22H15ClN2O3S/c23-16-7-2-4-9-18(16)25-21(26)13-28-22(27)15-12-19(20-10-5-11-29-20)24-17-8-3-1-6-14(15)17/h1-12H,13H2,(H,25,26). The van der Waals surface area contributed by atoms with Crippen molar-refractivity contribution in [3.05, 3.63) is 82.7 Å². The number of hydrogen-bond donors (Lipinski definition) is 1. The molecule has 0 radical (unpaired) electrons. The van der Waals surface area contributed by atoms with Crippen LogP contribution in [0.3, 0.4) is 0 Å². The van der Waals surface area contributed by atoms with Crippen LogP contribution in [0.2, 0.25) is 5.02 Å². The molecule has 0 atom stereocenters. The highest BCUT2D eigenvalue weighted by atomic mass is 35.5. The molecule has 0 spiro atoms. The molecule has 1 amide bonds. The predicted octanol–water partition coefficient (Wildman–Crippen LogP) is 5.41. The fraction of sp³-hybridized carbons (Fsp3) is 0.0455. The highest BCUT2D eigenvalue weighted by molar-refractivity contribution is 7.13. The Hall–Kier alpha value is -3.22. The molecular weight excluding hydrogens is 408 g/mol. The molecule has 1 N–H and O–H groups in total. The van der Waals surface area contributed by atoms with Crippen LogP contribution in [0.25, 0.3) is 21.5 Å². The molecule has 0 aliphatic heterocycles. The summed E-state index contributed by atoms with van der Waals surface area (Å²) in [5.74, 6) is -1.06. The number of halogens is 1. The number of nitrogens with zero attached hydrogens (tertiary/aromatic N) is 1. The van der Waals surface area contributed by atoms with Crippen molar-refractivity contribution in [2.24, 2.45) is 0 Å². The van der Waals surface area contributed by atoms with Crippen LogP contribution < -0.4 is 5.32 Å². The quantitative estimate of drug-likeness (QED) is 0.436. The number of nitrogens with one attached hydrogen (secondary N) is 1. The second-order valence-electron chi connectivity index (χ2n) is 6.15. The lowest BCUT2D eigenvalue weighted by atomic mass is 10.1. The molecule has 2 heterocycles. The van der Waals surface area contributed by atoms with Crippen molar-refractivity contribution < 1.29 is 14.3 Å². The largest absolute Gasteiger partial charge is 0.452 e. The number of hydrogen-bond acceptors (Lipinski definition) is 5. The van der Waals surface area contributed by atoms with Crippen LogP contribution in [-0.2, 0) is 9.53 Å². The van der Waals surface area contributed by atoms with Gasteiger partial charge >= 0.3 is 5.97 Å². The van der Waals surface area contributed by atoms with E-state index in [0.717, 1.165) is 4.88 Å². The topological polar surface area (TPSA) is 68.3 Å². The van der Waals surface area contributed by atoms with Gasteiger partial charge in [-0.15, -0.1) is 11.3 Å². The van der Waals surface area contributed by atoms with Crippen LogP contribution in [-0.4, -0.2) is 23.5 Å². The summed E-state index contributed by atoms with van der Waals surface area (Å²) < 4.78 is 5.26. The minimum absolute atomic E-state index is 0.365. The van der Waals surface area contributed by atoms with Gasteiger partial charge in [0.05, 0.1) is 32.4 Å². The first-order valence-corrected chi connectivity index (χ1v) is 10.0. The first-order valence-electron chi connectivity index (χ1n) is 8.77. The van der Waals surface area contributed by atoms with E-state index in [1.165, 1.54) is 11.3 Å². The van der Waals surface area contributed by atoms with Gasteiger partial charge in [-0.3, -0.25) is 4.79 Å². The van der Waals surface area contributed by atoms with Crippen molar-refractivity contribution in [3.63, 3.8) is 0 Å². The van der Waals surface area contributed by atoms with Crippen LogP contribution in [0.1, 0.15) is 10.4 Å². The summed E-state index contributed by atoms with van der Waals surface area (Å²) >= 11 is 7.56. The molecule has 0 saturated heterocycles. The maximum atomic E-state index is 12.8. The van der Waals surface area contributed by atoms with Gasteiger partial charge in [0.25, 0.3) is 5.91 Å². The van der Waals surface area contributed by atoms with Crippen molar-refractivity contribution in [1.82, 2.24) is 4.98 Å². The number of carbonyl (C=O) groups excluding carboxylic acids is 2. The third-order valence-electron chi connectivity index (χ3n) is 4.19. The molecule has 7 heteroatoms. The van der Waals surface area contributed by atoms with Gasteiger partial charge < -0.3 is 10.1 Å². The Kier molecular flexibility index (Phi) is 5.55. The number of thiophene rings is 1. The van der Waals surface area contributed by atoms with E-state index < -0.39 is 18.5 Å². The van der Waals surface area contributed by atoms with E-state index in [2.05, 4.69) is 10.3 Å². The molecule has 4 aromatic rings. The van der Waals surface area contributed by atoms with Crippen LogP contribution >= 0.6 is 22.9 Å². The number of benzene rings is 2. The lowest BCUT2D eigenvalue weighted by Crippen LogP contribution is -2.21. The number of anilines is 1. The fourth-order valence-electron chi connectivity index (χ4n) is 2.85. The van der Waals surface area contributed by atoms with Gasteiger partial charge in [0, 0.05) is 5.39 Å². The smallest absolute Gasteiger partial charge is 0.339 e. The van der Waals surface area contributed by atoms with E-state index in [-0.39, 0.29) is 0 Å². The van der Waals surface area contributed by atoms with Gasteiger partial charge in [-0.25, -0.2) is 9.78 Å². The number of aromatic nitrogens is 1. The molecule has 2 aromatic heterocycles. The molecule has 2 aromatic carbocycles. The van der Waals surface area contributed by atoms with Gasteiger partial charge in [0.15, 0.2) is 6.61 Å². The zero-order valence-electron chi connectivity index (χ0n) is 15.1. The number of amides is 1. The summed E-state index contributed by atoms with van der Waals surface area (Å²) in [4.78, 5) is 30.5. The zero-order chi connectivity index (χ0) is 20.2. The summed E-state index contributed by atoms with van der Waals surface area (Å²) in [7, 11) is 0. The first kappa shape index (κ1) is 19.1. The number of fused-ring (bicyclic) bond motifs is 1. The molecular formula is C22H15ClN2O3S. The van der Waals surface area contributed by atoms with Crippen LogP contribution in [0.5, 0.6) is 0 Å². The average molecular weight is 423 g/mol. The lowest BCUT2D eigenvalue weighted by molar-refractivity contribution is -0.119. The second kappa shape index (κ2) is 8.43. The number of para-hydroxylation sites is 2. The maximum absolute atomic E-state index is 12.8. The SMILES string of the molecule is O=C(COC(=O)c1cc(-c2cccs2)nc2ccccc12)Nc1ccccc1Cl. The minimum atomic E-state index is -0.587. The minimum Gasteiger partial charge on any atom is -0.452 e. The van der Waals surface area contributed by atoms with Crippen molar-refractivity contribution in [2.75, 3.05) is 11.9 Å². The van der Waals surface area contributed by atoms with Crippen molar-refractivity contribution in [3.8, 4) is 10.6 Å². The average Bonchev–Trinajstić information content (AvgIpc) is 3.28. The number of esters is 1. The summed E-state index contributed by atoms with van der Waals surface area (Å²) in [6, 6.07) is 19.7. The Morgan fingerprint density at radius 2 is 1.83 bits per heavy atom. The molecule has 5 nitrogen and oxygen atoms in total. The van der Waals surface area contributed by atoms with Gasteiger partial charge in [-0.1, -0.05) is 48.0 Å². The summed E-state index contributed by atoms with van der Waals surface area (Å²) in [6.45, 7) is -0.422. The molecule has 0 saturated carbocycles. The summed E-state index contributed by atoms with van der Waals surface area (Å²) in [5.41, 5.74) is 2.20. The molecule has 29 heavy (non-hydrogen) atoms. The molecule has 0 bridgehead atoms. The number of ether oxygens (including phenoxy) is 1. The van der Waals surface area contributed by atoms with E-state index in [0.29, 0.717) is 32.9 Å². The second-order valence-corrected chi connectivity index (χ2v) is 7.51. The van der Waals surface area contributed by atoms with E-state index in [9.17, 15) is 9.59 Å². The Morgan fingerprint density at radius 3 is 2.62 bits per heavy atom. The maximum Gasteiger partial charge on any atom is 0.339 e. The van der Waals surface area contributed by atoms with Gasteiger partial charge in [-0.2, -0.15) is 0 Å². The lowest BCUT2D eigenvalue weighted by Gasteiger charge is -2.10. The third kappa shape index (κ3) is 4.29. The van der Waals surface area contributed by atoms with Crippen LogP contribution in [0.15, 0.2) is 72.1 Å². The fourth-order valence-corrected chi connectivity index (χ4v) is 3.72. The molecule has 0 aliphatic carbocycles. The van der Waals surface area contributed by atoms with E-state index in [4.69, 9.17) is 16.3 Å². The zero-order valence-corrected chi connectivity index (χ0v) is 16.7. The van der Waals surface area contributed by atoms with Gasteiger partial charge in [0.1, 0.15) is 0 Å². The van der Waals surface area contributed by atoms with Gasteiger partial charge in [0.2, 0.25) is 0 Å². The van der Waals surface area contributed by atoms with Gasteiger partial charge in [-0.05, 0) is 35.7 Å². The van der Waals surface area contributed by atoms with Crippen molar-refractivity contribution in [1.29, 1.82) is 0 Å². The summed E-state index contributed by atoms with van der Waals surface area (Å²) in [6.07, 6.45) is 0.